The minimum Gasteiger partial charge on any atom is -0.370 e. The van der Waals surface area contributed by atoms with Crippen molar-refractivity contribution in [3.63, 3.8) is 0 Å². The summed E-state index contributed by atoms with van der Waals surface area (Å²) >= 11 is 0. The Hall–Kier alpha value is -2.73. The molecule has 0 spiro atoms. The number of amides is 1. The van der Waals surface area contributed by atoms with Gasteiger partial charge in [0, 0.05) is 55.5 Å². The number of primary amides is 1. The number of fused-ring (bicyclic) bond motifs is 1. The molecule has 3 aromatic rings. The Bertz CT molecular complexity index is 838. The van der Waals surface area contributed by atoms with Gasteiger partial charge in [0.25, 0.3) is 0 Å². The maximum absolute atomic E-state index is 11.1. The maximum Gasteiger partial charge on any atom is 0.219 e. The molecule has 3 N–H and O–H groups in total. The third-order valence-corrected chi connectivity index (χ3v) is 3.93. The average Bonchev–Trinajstić information content (AvgIpc) is 2.93. The van der Waals surface area contributed by atoms with Crippen molar-refractivity contribution in [3.8, 4) is 0 Å². The van der Waals surface area contributed by atoms with E-state index in [9.17, 15) is 4.79 Å². The summed E-state index contributed by atoms with van der Waals surface area (Å²) in [6.07, 6.45) is 5.98. The van der Waals surface area contributed by atoms with Gasteiger partial charge in [-0.25, -0.2) is 0 Å². The van der Waals surface area contributed by atoms with Crippen molar-refractivity contribution in [2.45, 2.75) is 33.0 Å². The summed E-state index contributed by atoms with van der Waals surface area (Å²) < 4.78 is 2.09. The number of aromatic nitrogens is 3. The molecular formula is C18H21N5O. The number of rotatable bonds is 7. The average molecular weight is 323 g/mol. The molecule has 0 bridgehead atoms. The number of nitrogens with one attached hydrogen (secondary N) is 1. The molecule has 0 aliphatic rings. The number of aryl methyl sites for hydroxylation is 2. The van der Waals surface area contributed by atoms with Crippen LogP contribution in [0.1, 0.15) is 23.4 Å². The van der Waals surface area contributed by atoms with E-state index in [0.717, 1.165) is 23.4 Å². The SMILES string of the molecule is Cc1cnc(CNCc2cn(CCC(N)=O)c3ccccc23)cn1. The molecule has 1 aromatic carbocycles. The lowest BCUT2D eigenvalue weighted by Gasteiger charge is -2.03. The van der Waals surface area contributed by atoms with E-state index in [2.05, 4.69) is 38.2 Å². The Kier molecular flexibility index (Phi) is 4.86. The number of nitrogens with zero attached hydrogens (tertiary/aromatic N) is 3. The minimum absolute atomic E-state index is 0.287. The molecule has 0 saturated carbocycles. The van der Waals surface area contributed by atoms with E-state index < -0.39 is 0 Å². The summed E-state index contributed by atoms with van der Waals surface area (Å²) in [5.74, 6) is -0.287. The molecule has 6 heteroatoms. The molecule has 0 saturated heterocycles. The first-order valence-electron chi connectivity index (χ1n) is 7.97. The Morgan fingerprint density at radius 1 is 1.21 bits per heavy atom. The van der Waals surface area contributed by atoms with Crippen molar-refractivity contribution in [1.82, 2.24) is 19.9 Å². The third-order valence-electron chi connectivity index (χ3n) is 3.93. The lowest BCUT2D eigenvalue weighted by atomic mass is 10.2. The van der Waals surface area contributed by atoms with E-state index in [4.69, 9.17) is 5.73 Å². The first-order valence-corrected chi connectivity index (χ1v) is 7.97. The van der Waals surface area contributed by atoms with Crippen LogP contribution in [0.4, 0.5) is 0 Å². The van der Waals surface area contributed by atoms with E-state index in [1.54, 1.807) is 12.4 Å². The van der Waals surface area contributed by atoms with E-state index in [1.165, 1.54) is 10.9 Å². The molecule has 3 rings (SSSR count). The van der Waals surface area contributed by atoms with Gasteiger partial charge in [-0.3, -0.25) is 14.8 Å². The predicted molar refractivity (Wildman–Crippen MR) is 93.1 cm³/mol. The molecule has 0 aliphatic carbocycles. The first-order chi connectivity index (χ1) is 11.6. The third kappa shape index (κ3) is 3.78. The normalized spacial score (nSPS) is 11.0. The Labute approximate surface area is 140 Å². The molecule has 0 atom stereocenters. The smallest absolute Gasteiger partial charge is 0.219 e. The lowest BCUT2D eigenvalue weighted by Crippen LogP contribution is -2.14. The first kappa shape index (κ1) is 16.1. The highest BCUT2D eigenvalue weighted by Crippen LogP contribution is 2.21. The van der Waals surface area contributed by atoms with Crippen LogP contribution >= 0.6 is 0 Å². The van der Waals surface area contributed by atoms with Gasteiger partial charge in [0.05, 0.1) is 11.4 Å². The summed E-state index contributed by atoms with van der Waals surface area (Å²) in [6, 6.07) is 8.18. The monoisotopic (exact) mass is 323 g/mol. The van der Waals surface area contributed by atoms with Gasteiger partial charge in [0.15, 0.2) is 0 Å². The zero-order valence-corrected chi connectivity index (χ0v) is 13.7. The number of hydrogen-bond acceptors (Lipinski definition) is 4. The fourth-order valence-corrected chi connectivity index (χ4v) is 2.72. The van der Waals surface area contributed by atoms with Crippen LogP contribution in [0.3, 0.4) is 0 Å². The van der Waals surface area contributed by atoms with Gasteiger partial charge in [0.2, 0.25) is 5.91 Å². The topological polar surface area (TPSA) is 85.8 Å². The number of hydrogen-bond donors (Lipinski definition) is 2. The van der Waals surface area contributed by atoms with Crippen molar-refractivity contribution in [2.24, 2.45) is 5.73 Å². The second-order valence-corrected chi connectivity index (χ2v) is 5.83. The number of nitrogens with two attached hydrogens (primary N) is 1. The second kappa shape index (κ2) is 7.23. The van der Waals surface area contributed by atoms with Crippen LogP contribution in [0.25, 0.3) is 10.9 Å². The van der Waals surface area contributed by atoms with Gasteiger partial charge in [-0.2, -0.15) is 0 Å². The second-order valence-electron chi connectivity index (χ2n) is 5.83. The van der Waals surface area contributed by atoms with Gasteiger partial charge in [-0.15, -0.1) is 0 Å². The number of carbonyl (C=O) groups is 1. The highest BCUT2D eigenvalue weighted by atomic mass is 16.1. The van der Waals surface area contributed by atoms with Crippen LogP contribution in [0.15, 0.2) is 42.9 Å². The summed E-state index contributed by atoms with van der Waals surface area (Å²) in [6.45, 7) is 3.90. The van der Waals surface area contributed by atoms with Crippen molar-refractivity contribution >= 4 is 16.8 Å². The molecule has 0 fully saturated rings. The van der Waals surface area contributed by atoms with Crippen molar-refractivity contribution in [2.75, 3.05) is 0 Å². The largest absolute Gasteiger partial charge is 0.370 e. The Morgan fingerprint density at radius 3 is 2.79 bits per heavy atom. The molecule has 24 heavy (non-hydrogen) atoms. The quantitative estimate of drug-likeness (QED) is 0.695. The van der Waals surface area contributed by atoms with Crippen LogP contribution in [-0.4, -0.2) is 20.4 Å². The molecule has 0 radical (unpaired) electrons. The van der Waals surface area contributed by atoms with E-state index in [0.29, 0.717) is 19.5 Å². The van der Waals surface area contributed by atoms with Gasteiger partial charge in [0.1, 0.15) is 0 Å². The molecule has 6 nitrogen and oxygen atoms in total. The predicted octanol–water partition coefficient (Wildman–Crippen LogP) is 1.90. The summed E-state index contributed by atoms with van der Waals surface area (Å²) in [7, 11) is 0. The molecule has 2 heterocycles. The molecular weight excluding hydrogens is 302 g/mol. The standard InChI is InChI=1S/C18H21N5O/c1-13-8-22-15(11-21-13)10-20-9-14-12-23(7-6-18(19)24)17-5-3-2-4-16(14)17/h2-5,8,11-12,20H,6-7,9-10H2,1H3,(H2,19,24). The van der Waals surface area contributed by atoms with Crippen molar-refractivity contribution < 1.29 is 4.79 Å². The number of benzene rings is 1. The molecule has 124 valence electrons. The van der Waals surface area contributed by atoms with E-state index in [-0.39, 0.29) is 5.91 Å². The van der Waals surface area contributed by atoms with Crippen LogP contribution in [0, 0.1) is 6.92 Å². The Morgan fingerprint density at radius 2 is 2.04 bits per heavy atom. The summed E-state index contributed by atoms with van der Waals surface area (Å²) in [5.41, 5.74) is 9.40. The molecule has 1 amide bonds. The van der Waals surface area contributed by atoms with Crippen molar-refractivity contribution in [3.05, 3.63) is 59.8 Å². The van der Waals surface area contributed by atoms with Gasteiger partial charge in [-0.05, 0) is 18.6 Å². The fourth-order valence-electron chi connectivity index (χ4n) is 2.72. The number of para-hydroxylation sites is 1. The van der Waals surface area contributed by atoms with Crippen LogP contribution in [0.5, 0.6) is 0 Å². The summed E-state index contributed by atoms with van der Waals surface area (Å²) in [5, 5.41) is 4.59. The Balaban J connectivity index is 1.71. The lowest BCUT2D eigenvalue weighted by molar-refractivity contribution is -0.118. The minimum atomic E-state index is -0.287. The zero-order valence-electron chi connectivity index (χ0n) is 13.7. The van der Waals surface area contributed by atoms with E-state index >= 15 is 0 Å². The zero-order chi connectivity index (χ0) is 16.9. The van der Waals surface area contributed by atoms with Gasteiger partial charge >= 0.3 is 0 Å². The highest BCUT2D eigenvalue weighted by molar-refractivity contribution is 5.84. The molecule has 2 aromatic heterocycles. The van der Waals surface area contributed by atoms with Crippen LogP contribution in [0.2, 0.25) is 0 Å². The summed E-state index contributed by atoms with van der Waals surface area (Å²) in [4.78, 5) is 19.6. The molecule has 0 unspecified atom stereocenters. The van der Waals surface area contributed by atoms with E-state index in [1.807, 2.05) is 19.1 Å². The highest BCUT2D eigenvalue weighted by Gasteiger charge is 2.08. The van der Waals surface area contributed by atoms with Gasteiger partial charge < -0.3 is 15.6 Å². The van der Waals surface area contributed by atoms with Crippen molar-refractivity contribution in [1.29, 1.82) is 0 Å². The fraction of sp³-hybridized carbons (Fsp3) is 0.278. The number of carbonyl (C=O) groups excluding carboxylic acids is 1. The maximum atomic E-state index is 11.1. The van der Waals surface area contributed by atoms with Gasteiger partial charge in [-0.1, -0.05) is 18.2 Å². The van der Waals surface area contributed by atoms with Crippen LogP contribution < -0.4 is 11.1 Å². The molecule has 0 aliphatic heterocycles. The van der Waals surface area contributed by atoms with Crippen LogP contribution in [-0.2, 0) is 24.4 Å².